The number of benzene rings is 3. The molecule has 0 saturated carbocycles. The van der Waals surface area contributed by atoms with Crippen LogP contribution in [0.25, 0.3) is 22.2 Å². The van der Waals surface area contributed by atoms with E-state index < -0.39 is 0 Å². The molecule has 0 saturated heterocycles. The van der Waals surface area contributed by atoms with Crippen molar-refractivity contribution >= 4 is 39.6 Å². The molecule has 0 radical (unpaired) electrons. The normalized spacial score (nSPS) is 10.5. The summed E-state index contributed by atoms with van der Waals surface area (Å²) in [6.45, 7) is 0. The summed E-state index contributed by atoms with van der Waals surface area (Å²) in [5.74, 6) is 0.803. The smallest absolute Gasteiger partial charge is 0.175 e. The Morgan fingerprint density at radius 1 is 0.821 bits per heavy atom. The van der Waals surface area contributed by atoms with Gasteiger partial charge in [0.05, 0.1) is 18.3 Å². The Morgan fingerprint density at radius 3 is 2.39 bits per heavy atom. The van der Waals surface area contributed by atoms with Crippen LogP contribution < -0.4 is 15.4 Å². The molecule has 3 aromatic carbocycles. The van der Waals surface area contributed by atoms with Gasteiger partial charge in [0, 0.05) is 22.3 Å². The lowest BCUT2D eigenvalue weighted by Gasteiger charge is -2.14. The topological polar surface area (TPSA) is 46.2 Å². The Bertz CT molecular complexity index is 1130. The SMILES string of the molecule is COc1ccc(NC(=S)Nc2ccccc2-c2ccc3ccccc3n2)cc1. The number of nitrogens with one attached hydrogen (secondary N) is 2. The van der Waals surface area contributed by atoms with Gasteiger partial charge in [-0.1, -0.05) is 42.5 Å². The van der Waals surface area contributed by atoms with E-state index in [9.17, 15) is 0 Å². The summed E-state index contributed by atoms with van der Waals surface area (Å²) < 4.78 is 5.18. The van der Waals surface area contributed by atoms with Crippen molar-refractivity contribution in [1.82, 2.24) is 4.98 Å². The van der Waals surface area contributed by atoms with E-state index in [2.05, 4.69) is 22.8 Å². The summed E-state index contributed by atoms with van der Waals surface area (Å²) in [5.41, 5.74) is 4.64. The number of para-hydroxylation sites is 2. The third-order valence-electron chi connectivity index (χ3n) is 4.40. The lowest BCUT2D eigenvalue weighted by Crippen LogP contribution is -2.19. The molecule has 0 aliphatic heterocycles. The molecule has 138 valence electrons. The van der Waals surface area contributed by atoms with Gasteiger partial charge in [0.25, 0.3) is 0 Å². The van der Waals surface area contributed by atoms with Gasteiger partial charge in [-0.2, -0.15) is 0 Å². The van der Waals surface area contributed by atoms with Crippen LogP contribution in [0, 0.1) is 0 Å². The van der Waals surface area contributed by atoms with E-state index in [1.54, 1.807) is 7.11 Å². The van der Waals surface area contributed by atoms with Gasteiger partial charge in [0.2, 0.25) is 0 Å². The predicted octanol–water partition coefficient (Wildman–Crippen LogP) is 5.72. The third-order valence-corrected chi connectivity index (χ3v) is 4.60. The molecule has 4 aromatic rings. The van der Waals surface area contributed by atoms with Crippen LogP contribution in [0.2, 0.25) is 0 Å². The average molecular weight is 385 g/mol. The zero-order valence-corrected chi connectivity index (χ0v) is 16.2. The Hall–Kier alpha value is -3.44. The molecule has 0 unspecified atom stereocenters. The quantitative estimate of drug-likeness (QED) is 0.440. The van der Waals surface area contributed by atoms with Crippen LogP contribution >= 0.6 is 12.2 Å². The first-order valence-corrected chi connectivity index (χ1v) is 9.31. The number of aromatic nitrogens is 1. The van der Waals surface area contributed by atoms with Gasteiger partial charge < -0.3 is 15.4 Å². The Morgan fingerprint density at radius 2 is 1.57 bits per heavy atom. The molecule has 0 bridgehead atoms. The molecule has 0 atom stereocenters. The van der Waals surface area contributed by atoms with Crippen molar-refractivity contribution in [2.24, 2.45) is 0 Å². The molecular weight excluding hydrogens is 366 g/mol. The van der Waals surface area contributed by atoms with Crippen molar-refractivity contribution in [2.45, 2.75) is 0 Å². The lowest BCUT2D eigenvalue weighted by atomic mass is 10.1. The number of ether oxygens (including phenoxy) is 1. The number of rotatable bonds is 4. The summed E-state index contributed by atoms with van der Waals surface area (Å²) in [5, 5.41) is 8.11. The minimum Gasteiger partial charge on any atom is -0.497 e. The van der Waals surface area contributed by atoms with Crippen molar-refractivity contribution in [3.8, 4) is 17.0 Å². The fourth-order valence-electron chi connectivity index (χ4n) is 2.99. The second kappa shape index (κ2) is 8.06. The van der Waals surface area contributed by atoms with E-state index in [1.807, 2.05) is 72.8 Å². The molecule has 0 amide bonds. The molecule has 0 spiro atoms. The fraction of sp³-hybridized carbons (Fsp3) is 0.0435. The highest BCUT2D eigenvalue weighted by Gasteiger charge is 2.08. The van der Waals surface area contributed by atoms with Crippen molar-refractivity contribution in [3.05, 3.63) is 84.9 Å². The predicted molar refractivity (Wildman–Crippen MR) is 120 cm³/mol. The summed E-state index contributed by atoms with van der Waals surface area (Å²) in [6, 6.07) is 27.8. The summed E-state index contributed by atoms with van der Waals surface area (Å²) in [4.78, 5) is 4.80. The summed E-state index contributed by atoms with van der Waals surface area (Å²) in [7, 11) is 1.65. The second-order valence-electron chi connectivity index (χ2n) is 6.24. The molecule has 1 aromatic heterocycles. The minimum absolute atomic E-state index is 0.512. The van der Waals surface area contributed by atoms with Crippen LogP contribution in [0.5, 0.6) is 5.75 Å². The first kappa shape index (κ1) is 17.9. The van der Waals surface area contributed by atoms with Crippen LogP contribution in [0.15, 0.2) is 84.9 Å². The van der Waals surface area contributed by atoms with E-state index in [4.69, 9.17) is 21.9 Å². The lowest BCUT2D eigenvalue weighted by molar-refractivity contribution is 0.415. The van der Waals surface area contributed by atoms with Crippen molar-refractivity contribution in [3.63, 3.8) is 0 Å². The molecule has 1 heterocycles. The highest BCUT2D eigenvalue weighted by molar-refractivity contribution is 7.80. The van der Waals surface area contributed by atoms with E-state index in [0.717, 1.165) is 39.3 Å². The number of methoxy groups -OCH3 is 1. The van der Waals surface area contributed by atoms with E-state index in [1.165, 1.54) is 0 Å². The minimum atomic E-state index is 0.512. The number of fused-ring (bicyclic) bond motifs is 1. The molecule has 0 fully saturated rings. The van der Waals surface area contributed by atoms with Crippen LogP contribution in [0.1, 0.15) is 0 Å². The number of hydrogen-bond acceptors (Lipinski definition) is 3. The maximum atomic E-state index is 5.49. The maximum Gasteiger partial charge on any atom is 0.175 e. The zero-order valence-electron chi connectivity index (χ0n) is 15.3. The van der Waals surface area contributed by atoms with Crippen molar-refractivity contribution in [2.75, 3.05) is 17.7 Å². The van der Waals surface area contributed by atoms with Crippen LogP contribution in [0.4, 0.5) is 11.4 Å². The number of nitrogens with zero attached hydrogens (tertiary/aromatic N) is 1. The molecule has 0 aliphatic rings. The largest absolute Gasteiger partial charge is 0.497 e. The van der Waals surface area contributed by atoms with E-state index in [0.29, 0.717) is 5.11 Å². The highest BCUT2D eigenvalue weighted by atomic mass is 32.1. The average Bonchev–Trinajstić information content (AvgIpc) is 2.74. The fourth-order valence-corrected chi connectivity index (χ4v) is 3.22. The number of anilines is 2. The van der Waals surface area contributed by atoms with E-state index in [-0.39, 0.29) is 0 Å². The van der Waals surface area contributed by atoms with Gasteiger partial charge in [-0.15, -0.1) is 0 Å². The Kier molecular flexibility index (Phi) is 5.17. The molecule has 4 rings (SSSR count). The molecule has 5 heteroatoms. The standard InChI is InChI=1S/C23H19N3OS/c1-27-18-13-11-17(12-14-18)24-23(28)26-21-9-5-3-7-19(21)22-15-10-16-6-2-4-8-20(16)25-22/h2-15H,1H3,(H2,24,26,28). The van der Waals surface area contributed by atoms with Gasteiger partial charge in [-0.3, -0.25) is 0 Å². The van der Waals surface area contributed by atoms with E-state index >= 15 is 0 Å². The molecular formula is C23H19N3OS. The Labute approximate surface area is 169 Å². The second-order valence-corrected chi connectivity index (χ2v) is 6.65. The Balaban J connectivity index is 1.57. The zero-order chi connectivity index (χ0) is 19.3. The van der Waals surface area contributed by atoms with Crippen molar-refractivity contribution < 1.29 is 4.74 Å². The van der Waals surface area contributed by atoms with Crippen molar-refractivity contribution in [1.29, 1.82) is 0 Å². The first-order valence-electron chi connectivity index (χ1n) is 8.90. The van der Waals surface area contributed by atoms with Gasteiger partial charge in [-0.05, 0) is 54.7 Å². The van der Waals surface area contributed by atoms with Crippen LogP contribution in [0.3, 0.4) is 0 Å². The first-order chi connectivity index (χ1) is 13.7. The monoisotopic (exact) mass is 385 g/mol. The van der Waals surface area contributed by atoms with Gasteiger partial charge in [0.15, 0.2) is 5.11 Å². The molecule has 0 aliphatic carbocycles. The van der Waals surface area contributed by atoms with Crippen LogP contribution in [-0.2, 0) is 0 Å². The van der Waals surface area contributed by atoms with Gasteiger partial charge in [-0.25, -0.2) is 4.98 Å². The maximum absolute atomic E-state index is 5.49. The number of hydrogen-bond donors (Lipinski definition) is 2. The molecule has 2 N–H and O–H groups in total. The summed E-state index contributed by atoms with van der Waals surface area (Å²) in [6.07, 6.45) is 0. The number of pyridine rings is 1. The van der Waals surface area contributed by atoms with Crippen LogP contribution in [-0.4, -0.2) is 17.2 Å². The van der Waals surface area contributed by atoms with Gasteiger partial charge in [0.1, 0.15) is 5.75 Å². The third kappa shape index (κ3) is 3.94. The highest BCUT2D eigenvalue weighted by Crippen LogP contribution is 2.28. The van der Waals surface area contributed by atoms with Gasteiger partial charge >= 0.3 is 0 Å². The summed E-state index contributed by atoms with van der Waals surface area (Å²) >= 11 is 5.49. The number of thiocarbonyl (C=S) groups is 1. The molecule has 28 heavy (non-hydrogen) atoms. The molecule has 4 nitrogen and oxygen atoms in total.